The van der Waals surface area contributed by atoms with Gasteiger partial charge >= 0.3 is 0 Å². The molecule has 3 aromatic carbocycles. The molecule has 1 aliphatic heterocycles. The summed E-state index contributed by atoms with van der Waals surface area (Å²) < 4.78 is 23.3. The standard InChI is InChI=1S/C26H26O5/c1-28-19-11-9-18(10-12-19)26-21(17-7-5-4-6-8-17)13-14-25(26,27)24-22(30-3)15-20(29-2)16-23(24)31-26/h4-12,15-16,21,27H,13-14H2,1-3H3/t21-,25+,26-/m0/s1. The Balaban J connectivity index is 1.77. The van der Waals surface area contributed by atoms with Crippen LogP contribution in [0.1, 0.15) is 35.4 Å². The van der Waals surface area contributed by atoms with Gasteiger partial charge in [-0.3, -0.25) is 0 Å². The number of benzene rings is 3. The van der Waals surface area contributed by atoms with Crippen LogP contribution in [0.5, 0.6) is 23.0 Å². The third kappa shape index (κ3) is 2.66. The van der Waals surface area contributed by atoms with Crippen molar-refractivity contribution < 1.29 is 24.1 Å². The molecule has 0 aromatic heterocycles. The highest BCUT2D eigenvalue weighted by Crippen LogP contribution is 2.68. The Morgan fingerprint density at radius 3 is 2.23 bits per heavy atom. The van der Waals surface area contributed by atoms with Gasteiger partial charge in [-0.15, -0.1) is 0 Å². The average molecular weight is 418 g/mol. The van der Waals surface area contributed by atoms with Gasteiger partial charge in [0.15, 0.2) is 5.60 Å². The van der Waals surface area contributed by atoms with E-state index in [0.29, 0.717) is 29.2 Å². The minimum absolute atomic E-state index is 0.0461. The van der Waals surface area contributed by atoms with E-state index >= 15 is 0 Å². The van der Waals surface area contributed by atoms with Gasteiger partial charge in [0.25, 0.3) is 0 Å². The maximum absolute atomic E-state index is 12.3. The smallest absolute Gasteiger partial charge is 0.174 e. The second kappa shape index (κ2) is 7.20. The third-order valence-corrected chi connectivity index (χ3v) is 6.80. The molecule has 0 spiro atoms. The fraction of sp³-hybridized carbons (Fsp3) is 0.308. The zero-order valence-electron chi connectivity index (χ0n) is 17.9. The highest BCUT2D eigenvalue weighted by atomic mass is 16.5. The molecule has 5 rings (SSSR count). The van der Waals surface area contributed by atoms with E-state index < -0.39 is 11.2 Å². The van der Waals surface area contributed by atoms with E-state index in [1.807, 2.05) is 48.5 Å². The maximum Gasteiger partial charge on any atom is 0.174 e. The zero-order valence-corrected chi connectivity index (χ0v) is 17.9. The summed E-state index contributed by atoms with van der Waals surface area (Å²) in [7, 11) is 4.86. The third-order valence-electron chi connectivity index (χ3n) is 6.80. The first kappa shape index (κ1) is 19.8. The summed E-state index contributed by atoms with van der Waals surface area (Å²) in [5, 5.41) is 12.3. The first-order chi connectivity index (χ1) is 15.1. The van der Waals surface area contributed by atoms with Crippen LogP contribution in [0.25, 0.3) is 0 Å². The molecule has 2 aliphatic rings. The van der Waals surface area contributed by atoms with Crippen LogP contribution in [0.2, 0.25) is 0 Å². The van der Waals surface area contributed by atoms with Gasteiger partial charge in [-0.25, -0.2) is 0 Å². The molecule has 0 amide bonds. The maximum atomic E-state index is 12.3. The summed E-state index contributed by atoms with van der Waals surface area (Å²) in [4.78, 5) is 0. The van der Waals surface area contributed by atoms with E-state index in [1.165, 1.54) is 0 Å². The number of hydrogen-bond donors (Lipinski definition) is 1. The molecule has 0 unspecified atom stereocenters. The highest BCUT2D eigenvalue weighted by molar-refractivity contribution is 5.61. The van der Waals surface area contributed by atoms with E-state index in [4.69, 9.17) is 18.9 Å². The van der Waals surface area contributed by atoms with Crippen molar-refractivity contribution in [2.24, 2.45) is 0 Å². The van der Waals surface area contributed by atoms with Gasteiger partial charge in [0.05, 0.1) is 26.9 Å². The summed E-state index contributed by atoms with van der Waals surface area (Å²) in [6, 6.07) is 21.7. The van der Waals surface area contributed by atoms with Gasteiger partial charge in [-0.2, -0.15) is 0 Å². The van der Waals surface area contributed by atoms with Gasteiger partial charge in [0, 0.05) is 18.1 Å². The molecule has 1 N–H and O–H groups in total. The second-order valence-electron chi connectivity index (χ2n) is 8.13. The van der Waals surface area contributed by atoms with Crippen molar-refractivity contribution in [3.8, 4) is 23.0 Å². The van der Waals surface area contributed by atoms with Crippen LogP contribution in [-0.2, 0) is 11.2 Å². The molecular formula is C26H26O5. The van der Waals surface area contributed by atoms with Crippen molar-refractivity contribution in [2.75, 3.05) is 21.3 Å². The van der Waals surface area contributed by atoms with Crippen LogP contribution in [-0.4, -0.2) is 26.4 Å². The van der Waals surface area contributed by atoms with Gasteiger partial charge in [0.2, 0.25) is 0 Å². The topological polar surface area (TPSA) is 57.2 Å². The van der Waals surface area contributed by atoms with E-state index in [1.54, 1.807) is 27.4 Å². The summed E-state index contributed by atoms with van der Waals surface area (Å²) in [5.74, 6) is 2.50. The molecule has 1 heterocycles. The summed E-state index contributed by atoms with van der Waals surface area (Å²) in [5.41, 5.74) is 0.467. The molecule has 5 nitrogen and oxygen atoms in total. The molecule has 0 bridgehead atoms. The van der Waals surface area contributed by atoms with Gasteiger partial charge in [0.1, 0.15) is 28.6 Å². The molecular weight excluding hydrogens is 392 g/mol. The van der Waals surface area contributed by atoms with Crippen molar-refractivity contribution in [1.29, 1.82) is 0 Å². The molecule has 0 saturated heterocycles. The molecule has 3 aromatic rings. The first-order valence-electron chi connectivity index (χ1n) is 10.4. The monoisotopic (exact) mass is 418 g/mol. The van der Waals surface area contributed by atoms with Gasteiger partial charge in [-0.05, 0) is 36.1 Å². The number of ether oxygens (including phenoxy) is 4. The lowest BCUT2D eigenvalue weighted by molar-refractivity contribution is -0.106. The lowest BCUT2D eigenvalue weighted by Crippen LogP contribution is -2.48. The summed E-state index contributed by atoms with van der Waals surface area (Å²) >= 11 is 0. The molecule has 5 heteroatoms. The van der Waals surface area contributed by atoms with Crippen LogP contribution in [0.3, 0.4) is 0 Å². The molecule has 1 saturated carbocycles. The Bertz CT molecular complexity index is 1090. The van der Waals surface area contributed by atoms with Crippen LogP contribution in [0.4, 0.5) is 0 Å². The fourth-order valence-corrected chi connectivity index (χ4v) is 5.43. The normalized spacial score (nSPS) is 26.0. The van der Waals surface area contributed by atoms with Gasteiger partial charge in [-0.1, -0.05) is 42.5 Å². The average Bonchev–Trinajstić information content (AvgIpc) is 3.26. The Hall–Kier alpha value is -3.18. The predicted octanol–water partition coefficient (Wildman–Crippen LogP) is 4.77. The Kier molecular flexibility index (Phi) is 4.59. The minimum Gasteiger partial charge on any atom is -0.497 e. The predicted molar refractivity (Wildman–Crippen MR) is 117 cm³/mol. The van der Waals surface area contributed by atoms with Crippen LogP contribution >= 0.6 is 0 Å². The number of fused-ring (bicyclic) bond motifs is 3. The number of aliphatic hydroxyl groups is 1. The minimum atomic E-state index is -1.25. The Morgan fingerprint density at radius 2 is 1.58 bits per heavy atom. The van der Waals surface area contributed by atoms with Crippen LogP contribution in [0, 0.1) is 0 Å². The summed E-state index contributed by atoms with van der Waals surface area (Å²) in [6.45, 7) is 0. The van der Waals surface area contributed by atoms with Crippen LogP contribution in [0.15, 0.2) is 66.7 Å². The van der Waals surface area contributed by atoms with E-state index in [9.17, 15) is 5.11 Å². The lowest BCUT2D eigenvalue weighted by atomic mass is 9.71. The Morgan fingerprint density at radius 1 is 0.871 bits per heavy atom. The first-order valence-corrected chi connectivity index (χ1v) is 10.4. The van der Waals surface area contributed by atoms with Crippen molar-refractivity contribution in [1.82, 2.24) is 0 Å². The van der Waals surface area contributed by atoms with Crippen LogP contribution < -0.4 is 18.9 Å². The summed E-state index contributed by atoms with van der Waals surface area (Å²) in [6.07, 6.45) is 1.33. The molecule has 160 valence electrons. The fourth-order valence-electron chi connectivity index (χ4n) is 5.43. The molecule has 31 heavy (non-hydrogen) atoms. The lowest BCUT2D eigenvalue weighted by Gasteiger charge is -2.40. The number of rotatable bonds is 5. The van der Waals surface area contributed by atoms with Crippen molar-refractivity contribution in [2.45, 2.75) is 30.0 Å². The molecule has 1 fully saturated rings. The number of hydrogen-bond acceptors (Lipinski definition) is 5. The van der Waals surface area contributed by atoms with Crippen molar-refractivity contribution in [3.05, 3.63) is 83.4 Å². The quantitative estimate of drug-likeness (QED) is 0.647. The number of methoxy groups -OCH3 is 3. The second-order valence-corrected chi connectivity index (χ2v) is 8.13. The largest absolute Gasteiger partial charge is 0.497 e. The Labute approximate surface area is 182 Å². The van der Waals surface area contributed by atoms with E-state index in [0.717, 1.165) is 23.3 Å². The van der Waals surface area contributed by atoms with E-state index in [-0.39, 0.29) is 5.92 Å². The van der Waals surface area contributed by atoms with Gasteiger partial charge < -0.3 is 24.1 Å². The van der Waals surface area contributed by atoms with Crippen molar-refractivity contribution >= 4 is 0 Å². The highest BCUT2D eigenvalue weighted by Gasteiger charge is 2.69. The molecule has 0 radical (unpaired) electrons. The van der Waals surface area contributed by atoms with E-state index in [2.05, 4.69) is 12.1 Å². The molecule has 3 atom stereocenters. The SMILES string of the molecule is COc1ccc([C@@]23Oc4cc(OC)cc(OC)c4[C@]2(O)CC[C@H]3c2ccccc2)cc1. The molecule has 1 aliphatic carbocycles. The van der Waals surface area contributed by atoms with Crippen molar-refractivity contribution in [3.63, 3.8) is 0 Å². The zero-order chi connectivity index (χ0) is 21.6.